The van der Waals surface area contributed by atoms with Crippen LogP contribution in [0, 0.1) is 0 Å². The molecule has 3 heteroatoms. The number of rotatable bonds is 5. The van der Waals surface area contributed by atoms with Crippen LogP contribution in [0.15, 0.2) is 37.1 Å². The number of aryl methyl sites for hydroxylation is 1. The smallest absolute Gasteiger partial charge is 0.330 e. The van der Waals surface area contributed by atoms with E-state index in [0.29, 0.717) is 6.61 Å². The van der Waals surface area contributed by atoms with E-state index in [-0.39, 0.29) is 5.97 Å². The lowest BCUT2D eigenvalue weighted by Gasteiger charge is -2.01. The number of ether oxygens (including phenoxy) is 1. The highest BCUT2D eigenvalue weighted by molar-refractivity contribution is 5.81. The first-order valence-electron chi connectivity index (χ1n) is 4.52. The first-order chi connectivity index (χ1) is 6.83. The van der Waals surface area contributed by atoms with Gasteiger partial charge in [-0.15, -0.1) is 0 Å². The first-order valence-corrected chi connectivity index (χ1v) is 4.52. The summed E-state index contributed by atoms with van der Waals surface area (Å²) >= 11 is 0. The maximum Gasteiger partial charge on any atom is 0.330 e. The van der Waals surface area contributed by atoms with Gasteiger partial charge in [-0.1, -0.05) is 12.6 Å². The molecule has 0 aromatic carbocycles. The maximum absolute atomic E-state index is 10.7. The Morgan fingerprint density at radius 3 is 3.07 bits per heavy atom. The molecule has 0 unspecified atom stereocenters. The van der Waals surface area contributed by atoms with E-state index < -0.39 is 0 Å². The molecule has 14 heavy (non-hydrogen) atoms. The van der Waals surface area contributed by atoms with Crippen LogP contribution in [0.1, 0.15) is 12.1 Å². The molecule has 0 bridgehead atoms. The Morgan fingerprint density at radius 2 is 2.43 bits per heavy atom. The molecule has 0 aliphatic carbocycles. The fourth-order valence-corrected chi connectivity index (χ4v) is 1.03. The normalized spacial score (nSPS) is 9.43. The van der Waals surface area contributed by atoms with Crippen LogP contribution in [-0.4, -0.2) is 17.6 Å². The SMILES string of the molecule is C=CC(=O)OCCCc1ccccn1. The molecule has 1 heterocycles. The number of nitrogens with zero attached hydrogens (tertiary/aromatic N) is 1. The standard InChI is InChI=1S/C11H13NO2/c1-2-11(13)14-9-5-7-10-6-3-4-8-12-10/h2-4,6,8H,1,5,7,9H2. The van der Waals surface area contributed by atoms with Crippen LogP contribution in [-0.2, 0) is 16.0 Å². The second-order valence-corrected chi connectivity index (χ2v) is 2.80. The van der Waals surface area contributed by atoms with Crippen LogP contribution in [0.25, 0.3) is 0 Å². The van der Waals surface area contributed by atoms with Crippen molar-refractivity contribution < 1.29 is 9.53 Å². The van der Waals surface area contributed by atoms with Gasteiger partial charge in [-0.2, -0.15) is 0 Å². The van der Waals surface area contributed by atoms with E-state index in [0.717, 1.165) is 18.5 Å². The van der Waals surface area contributed by atoms with Crippen molar-refractivity contribution >= 4 is 5.97 Å². The lowest BCUT2D eigenvalue weighted by Crippen LogP contribution is -2.03. The molecular formula is C11H13NO2. The summed E-state index contributed by atoms with van der Waals surface area (Å²) in [6.45, 7) is 3.73. The number of pyridine rings is 1. The highest BCUT2D eigenvalue weighted by Crippen LogP contribution is 1.98. The second kappa shape index (κ2) is 5.91. The Kier molecular flexibility index (Phi) is 4.41. The van der Waals surface area contributed by atoms with Crippen molar-refractivity contribution in [3.8, 4) is 0 Å². The molecule has 0 aliphatic rings. The highest BCUT2D eigenvalue weighted by atomic mass is 16.5. The van der Waals surface area contributed by atoms with Gasteiger partial charge in [-0.3, -0.25) is 4.98 Å². The van der Waals surface area contributed by atoms with E-state index in [1.807, 2.05) is 18.2 Å². The molecule has 74 valence electrons. The summed E-state index contributed by atoms with van der Waals surface area (Å²) in [6, 6.07) is 5.77. The summed E-state index contributed by atoms with van der Waals surface area (Å²) in [7, 11) is 0. The van der Waals surface area contributed by atoms with Gasteiger partial charge in [0.05, 0.1) is 6.61 Å². The molecule has 0 N–H and O–H groups in total. The molecule has 1 aromatic heterocycles. The van der Waals surface area contributed by atoms with Gasteiger partial charge in [0, 0.05) is 18.0 Å². The molecule has 0 spiro atoms. The van der Waals surface area contributed by atoms with Crippen molar-refractivity contribution in [1.82, 2.24) is 4.98 Å². The Labute approximate surface area is 83.4 Å². The van der Waals surface area contributed by atoms with Gasteiger partial charge in [0.2, 0.25) is 0 Å². The Hall–Kier alpha value is -1.64. The van der Waals surface area contributed by atoms with Crippen molar-refractivity contribution in [2.45, 2.75) is 12.8 Å². The predicted molar refractivity (Wildman–Crippen MR) is 53.7 cm³/mol. The van der Waals surface area contributed by atoms with Gasteiger partial charge in [0.15, 0.2) is 0 Å². The minimum absolute atomic E-state index is 0.369. The fourth-order valence-electron chi connectivity index (χ4n) is 1.03. The van der Waals surface area contributed by atoms with E-state index in [1.54, 1.807) is 6.20 Å². The second-order valence-electron chi connectivity index (χ2n) is 2.80. The third-order valence-electron chi connectivity index (χ3n) is 1.71. The number of carbonyl (C=O) groups excluding carboxylic acids is 1. The van der Waals surface area contributed by atoms with Gasteiger partial charge in [-0.05, 0) is 25.0 Å². The average molecular weight is 191 g/mol. The van der Waals surface area contributed by atoms with Gasteiger partial charge in [0.1, 0.15) is 0 Å². The third kappa shape index (κ3) is 3.85. The Balaban J connectivity index is 2.16. The lowest BCUT2D eigenvalue weighted by atomic mass is 10.2. The van der Waals surface area contributed by atoms with Crippen LogP contribution in [0.4, 0.5) is 0 Å². The summed E-state index contributed by atoms with van der Waals surface area (Å²) in [5.41, 5.74) is 1.02. The van der Waals surface area contributed by atoms with Crippen molar-refractivity contribution in [2.75, 3.05) is 6.61 Å². The zero-order valence-corrected chi connectivity index (χ0v) is 7.98. The summed E-state index contributed by atoms with van der Waals surface area (Å²) in [5.74, 6) is -0.369. The lowest BCUT2D eigenvalue weighted by molar-refractivity contribution is -0.137. The van der Waals surface area contributed by atoms with E-state index in [9.17, 15) is 4.79 Å². The van der Waals surface area contributed by atoms with E-state index >= 15 is 0 Å². The topological polar surface area (TPSA) is 39.2 Å². The number of hydrogen-bond donors (Lipinski definition) is 0. The molecule has 1 rings (SSSR count). The van der Waals surface area contributed by atoms with Crippen molar-refractivity contribution in [3.63, 3.8) is 0 Å². The summed E-state index contributed by atoms with van der Waals surface area (Å²) in [4.78, 5) is 14.8. The van der Waals surface area contributed by atoms with Crippen molar-refractivity contribution in [3.05, 3.63) is 42.7 Å². The zero-order valence-electron chi connectivity index (χ0n) is 7.98. The molecule has 0 amide bonds. The van der Waals surface area contributed by atoms with E-state index in [4.69, 9.17) is 4.74 Å². The zero-order chi connectivity index (χ0) is 10.2. The predicted octanol–water partition coefficient (Wildman–Crippen LogP) is 1.74. The molecule has 0 atom stereocenters. The van der Waals surface area contributed by atoms with Crippen LogP contribution in [0.2, 0.25) is 0 Å². The van der Waals surface area contributed by atoms with Gasteiger partial charge in [0.25, 0.3) is 0 Å². The third-order valence-corrected chi connectivity index (χ3v) is 1.71. The minimum Gasteiger partial charge on any atom is -0.463 e. The molecule has 0 saturated heterocycles. The Bertz CT molecular complexity index is 295. The molecule has 0 radical (unpaired) electrons. The number of esters is 1. The molecular weight excluding hydrogens is 178 g/mol. The van der Waals surface area contributed by atoms with Crippen LogP contribution < -0.4 is 0 Å². The number of carbonyl (C=O) groups is 1. The van der Waals surface area contributed by atoms with Gasteiger partial charge in [-0.25, -0.2) is 4.79 Å². The van der Waals surface area contributed by atoms with E-state index in [1.165, 1.54) is 6.08 Å². The highest BCUT2D eigenvalue weighted by Gasteiger charge is 1.96. The molecule has 3 nitrogen and oxygen atoms in total. The van der Waals surface area contributed by atoms with Gasteiger partial charge >= 0.3 is 5.97 Å². The summed E-state index contributed by atoms with van der Waals surface area (Å²) in [6.07, 6.45) is 4.54. The first kappa shape index (κ1) is 10.4. The monoisotopic (exact) mass is 191 g/mol. The molecule has 0 aliphatic heterocycles. The van der Waals surface area contributed by atoms with Crippen molar-refractivity contribution in [2.24, 2.45) is 0 Å². The summed E-state index contributed by atoms with van der Waals surface area (Å²) < 4.78 is 4.83. The van der Waals surface area contributed by atoms with Gasteiger partial charge < -0.3 is 4.74 Å². The molecule has 0 saturated carbocycles. The minimum atomic E-state index is -0.369. The fraction of sp³-hybridized carbons (Fsp3) is 0.273. The molecule has 1 aromatic rings. The summed E-state index contributed by atoms with van der Waals surface area (Å²) in [5, 5.41) is 0. The largest absolute Gasteiger partial charge is 0.463 e. The Morgan fingerprint density at radius 1 is 1.57 bits per heavy atom. The number of aromatic nitrogens is 1. The van der Waals surface area contributed by atoms with Crippen LogP contribution in [0.5, 0.6) is 0 Å². The molecule has 0 fully saturated rings. The van der Waals surface area contributed by atoms with E-state index in [2.05, 4.69) is 11.6 Å². The number of hydrogen-bond acceptors (Lipinski definition) is 3. The van der Waals surface area contributed by atoms with Crippen LogP contribution >= 0.6 is 0 Å². The maximum atomic E-state index is 10.7. The average Bonchev–Trinajstić information content (AvgIpc) is 2.25. The van der Waals surface area contributed by atoms with Crippen molar-refractivity contribution in [1.29, 1.82) is 0 Å². The quantitative estimate of drug-likeness (QED) is 0.404. The van der Waals surface area contributed by atoms with Crippen LogP contribution in [0.3, 0.4) is 0 Å².